The van der Waals surface area contributed by atoms with Crippen molar-refractivity contribution in [1.82, 2.24) is 4.90 Å². The predicted molar refractivity (Wildman–Crippen MR) is 49.8 cm³/mol. The summed E-state index contributed by atoms with van der Waals surface area (Å²) in [6, 6.07) is 0. The van der Waals surface area contributed by atoms with Gasteiger partial charge in [-0.1, -0.05) is 0 Å². The van der Waals surface area contributed by atoms with E-state index in [1.54, 1.807) is 6.92 Å². The maximum Gasteiger partial charge on any atom is 0.401 e. The van der Waals surface area contributed by atoms with Gasteiger partial charge in [-0.05, 0) is 14.0 Å². The number of likely N-dealkylation sites (N-methyl/N-ethyl adjacent to an activating group) is 1. The molecule has 0 aliphatic heterocycles. The van der Waals surface area contributed by atoms with E-state index in [0.717, 1.165) is 11.9 Å². The molecule has 7 heteroatoms. The van der Waals surface area contributed by atoms with Gasteiger partial charge < -0.3 is 4.74 Å². The van der Waals surface area contributed by atoms with Gasteiger partial charge in [0.25, 0.3) is 0 Å². The van der Waals surface area contributed by atoms with E-state index in [-0.39, 0.29) is 6.61 Å². The SMILES string of the molecule is CCOC(=O)CC(=O)CN(C)CC(F)(F)F. The van der Waals surface area contributed by atoms with Gasteiger partial charge in [-0.15, -0.1) is 0 Å². The highest BCUT2D eigenvalue weighted by atomic mass is 19.4. The van der Waals surface area contributed by atoms with Gasteiger partial charge in [-0.25, -0.2) is 0 Å². The lowest BCUT2D eigenvalue weighted by Gasteiger charge is -2.17. The van der Waals surface area contributed by atoms with Crippen molar-refractivity contribution in [3.8, 4) is 0 Å². The highest BCUT2D eigenvalue weighted by molar-refractivity contribution is 5.96. The molecule has 0 bridgehead atoms. The lowest BCUT2D eigenvalue weighted by molar-refractivity contribution is -0.148. The number of Topliss-reactive ketones (excluding diaryl/α,β-unsaturated/α-hetero) is 1. The molecule has 0 spiro atoms. The Morgan fingerprint density at radius 3 is 2.31 bits per heavy atom. The topological polar surface area (TPSA) is 46.6 Å². The number of hydrogen-bond donors (Lipinski definition) is 0. The van der Waals surface area contributed by atoms with Gasteiger partial charge >= 0.3 is 12.1 Å². The van der Waals surface area contributed by atoms with Crippen LogP contribution in [0.25, 0.3) is 0 Å². The van der Waals surface area contributed by atoms with Crippen LogP contribution in [-0.2, 0) is 14.3 Å². The summed E-state index contributed by atoms with van der Waals surface area (Å²) in [6.45, 7) is 0.128. The van der Waals surface area contributed by atoms with Crippen LogP contribution in [0.15, 0.2) is 0 Å². The molecule has 0 aliphatic rings. The van der Waals surface area contributed by atoms with Crippen molar-refractivity contribution in [2.45, 2.75) is 19.5 Å². The summed E-state index contributed by atoms with van der Waals surface area (Å²) in [5.74, 6) is -1.31. The monoisotopic (exact) mass is 241 g/mol. The summed E-state index contributed by atoms with van der Waals surface area (Å²) in [7, 11) is 1.16. The van der Waals surface area contributed by atoms with E-state index in [1.807, 2.05) is 0 Å². The summed E-state index contributed by atoms with van der Waals surface area (Å²) in [4.78, 5) is 22.8. The summed E-state index contributed by atoms with van der Waals surface area (Å²) >= 11 is 0. The smallest absolute Gasteiger partial charge is 0.401 e. The van der Waals surface area contributed by atoms with Crippen LogP contribution in [-0.4, -0.2) is 49.6 Å². The van der Waals surface area contributed by atoms with Gasteiger partial charge in [0, 0.05) is 0 Å². The molecule has 0 amide bonds. The number of rotatable bonds is 6. The average Bonchev–Trinajstić information content (AvgIpc) is 1.98. The molecule has 0 aromatic carbocycles. The van der Waals surface area contributed by atoms with Crippen LogP contribution >= 0.6 is 0 Å². The number of alkyl halides is 3. The zero-order valence-corrected chi connectivity index (χ0v) is 9.13. The van der Waals surface area contributed by atoms with E-state index >= 15 is 0 Å². The second-order valence-corrected chi connectivity index (χ2v) is 3.31. The third-order valence-corrected chi connectivity index (χ3v) is 1.54. The third-order valence-electron chi connectivity index (χ3n) is 1.54. The van der Waals surface area contributed by atoms with Gasteiger partial charge in [0.05, 0.1) is 19.7 Å². The number of ketones is 1. The standard InChI is InChI=1S/C9H14F3NO3/c1-3-16-8(15)4-7(14)5-13(2)6-9(10,11)12/h3-6H2,1-2H3. The van der Waals surface area contributed by atoms with E-state index in [4.69, 9.17) is 0 Å². The van der Waals surface area contributed by atoms with Crippen LogP contribution in [0.5, 0.6) is 0 Å². The molecule has 0 aliphatic carbocycles. The summed E-state index contributed by atoms with van der Waals surface area (Å²) < 4.78 is 40.2. The lowest BCUT2D eigenvalue weighted by Crippen LogP contribution is -2.35. The van der Waals surface area contributed by atoms with Gasteiger partial charge in [0.2, 0.25) is 0 Å². The number of halogens is 3. The number of esters is 1. The molecular formula is C9H14F3NO3. The molecule has 0 aromatic rings. The molecule has 0 saturated heterocycles. The third kappa shape index (κ3) is 8.22. The van der Waals surface area contributed by atoms with Gasteiger partial charge in [0.15, 0.2) is 5.78 Å². The van der Waals surface area contributed by atoms with E-state index in [0.29, 0.717) is 0 Å². The van der Waals surface area contributed by atoms with Crippen molar-refractivity contribution in [3.05, 3.63) is 0 Å². The molecule has 16 heavy (non-hydrogen) atoms. The van der Waals surface area contributed by atoms with Crippen LogP contribution in [0.1, 0.15) is 13.3 Å². The second-order valence-electron chi connectivity index (χ2n) is 3.31. The fourth-order valence-corrected chi connectivity index (χ4v) is 1.09. The fourth-order valence-electron chi connectivity index (χ4n) is 1.09. The molecule has 94 valence electrons. The van der Waals surface area contributed by atoms with Crippen LogP contribution in [0, 0.1) is 0 Å². The molecular weight excluding hydrogens is 227 g/mol. The zero-order chi connectivity index (χ0) is 12.8. The van der Waals surface area contributed by atoms with Crippen molar-refractivity contribution in [1.29, 1.82) is 0 Å². The minimum absolute atomic E-state index is 0.143. The molecule has 0 rings (SSSR count). The fraction of sp³-hybridized carbons (Fsp3) is 0.778. The van der Waals surface area contributed by atoms with E-state index in [2.05, 4.69) is 4.74 Å². The Hall–Kier alpha value is -1.11. The Kier molecular flexibility index (Phi) is 6.02. The number of hydrogen-bond acceptors (Lipinski definition) is 4. The number of carbonyl (C=O) groups excluding carboxylic acids is 2. The maximum absolute atomic E-state index is 11.9. The minimum Gasteiger partial charge on any atom is -0.466 e. The van der Waals surface area contributed by atoms with E-state index in [1.165, 1.54) is 0 Å². The van der Waals surface area contributed by atoms with E-state index in [9.17, 15) is 22.8 Å². The molecule has 4 nitrogen and oxygen atoms in total. The molecule has 0 saturated carbocycles. The largest absolute Gasteiger partial charge is 0.466 e. The number of ether oxygens (including phenoxy) is 1. The van der Waals surface area contributed by atoms with Crippen molar-refractivity contribution >= 4 is 11.8 Å². The summed E-state index contributed by atoms with van der Waals surface area (Å²) in [6.07, 6.45) is -4.84. The maximum atomic E-state index is 11.9. The van der Waals surface area contributed by atoms with Crippen LogP contribution in [0.3, 0.4) is 0 Å². The zero-order valence-electron chi connectivity index (χ0n) is 9.13. The van der Waals surface area contributed by atoms with Gasteiger partial charge in [-0.2, -0.15) is 13.2 Å². The summed E-state index contributed by atoms with van der Waals surface area (Å²) in [5, 5.41) is 0. The highest BCUT2D eigenvalue weighted by Crippen LogP contribution is 2.15. The Balaban J connectivity index is 3.92. The van der Waals surface area contributed by atoms with Crippen molar-refractivity contribution in [2.24, 2.45) is 0 Å². The molecule has 0 N–H and O–H groups in total. The van der Waals surface area contributed by atoms with Gasteiger partial charge in [0.1, 0.15) is 6.42 Å². The first-order chi connectivity index (χ1) is 7.24. The second kappa shape index (κ2) is 6.47. The average molecular weight is 241 g/mol. The number of nitrogens with zero attached hydrogens (tertiary/aromatic N) is 1. The van der Waals surface area contributed by atoms with E-state index < -0.39 is 37.4 Å². The Bertz CT molecular complexity index is 253. The molecule has 0 unspecified atom stereocenters. The van der Waals surface area contributed by atoms with Crippen LogP contribution < -0.4 is 0 Å². The highest BCUT2D eigenvalue weighted by Gasteiger charge is 2.29. The number of carbonyl (C=O) groups is 2. The first kappa shape index (κ1) is 14.9. The first-order valence-corrected chi connectivity index (χ1v) is 4.67. The lowest BCUT2D eigenvalue weighted by atomic mass is 10.2. The molecule has 0 heterocycles. The minimum atomic E-state index is -4.35. The van der Waals surface area contributed by atoms with Crippen molar-refractivity contribution in [3.63, 3.8) is 0 Å². The quantitative estimate of drug-likeness (QED) is 0.514. The normalized spacial score (nSPS) is 11.6. The predicted octanol–water partition coefficient (Wildman–Crippen LogP) is 1.00. The Labute approximate surface area is 91.4 Å². The molecule has 0 atom stereocenters. The van der Waals surface area contributed by atoms with Crippen LogP contribution in [0.2, 0.25) is 0 Å². The molecule has 0 radical (unpaired) electrons. The Morgan fingerprint density at radius 2 is 1.88 bits per heavy atom. The van der Waals surface area contributed by atoms with Crippen molar-refractivity contribution in [2.75, 3.05) is 26.7 Å². The van der Waals surface area contributed by atoms with Crippen LogP contribution in [0.4, 0.5) is 13.2 Å². The Morgan fingerprint density at radius 1 is 1.31 bits per heavy atom. The first-order valence-electron chi connectivity index (χ1n) is 4.67. The summed E-state index contributed by atoms with van der Waals surface area (Å²) in [5.41, 5.74) is 0. The van der Waals surface area contributed by atoms with Crippen molar-refractivity contribution < 1.29 is 27.5 Å². The molecule has 0 aromatic heterocycles. The van der Waals surface area contributed by atoms with Gasteiger partial charge in [-0.3, -0.25) is 14.5 Å². The molecule has 0 fully saturated rings.